The first kappa shape index (κ1) is 89.3. The molecule has 15 heteroatoms. The summed E-state index contributed by atoms with van der Waals surface area (Å²) in [5.41, 5.74) is 9.14. The summed E-state index contributed by atoms with van der Waals surface area (Å²) >= 11 is 0. The number of benzene rings is 10. The number of hydrogen-bond acceptors (Lipinski definition) is 10. The zero-order valence-electron chi connectivity index (χ0n) is 66.6. The maximum Gasteiger partial charge on any atom is 0.373 e. The van der Waals surface area contributed by atoms with Crippen molar-refractivity contribution in [1.29, 1.82) is 0 Å². The van der Waals surface area contributed by atoms with E-state index in [1.54, 1.807) is 14.2 Å². The summed E-state index contributed by atoms with van der Waals surface area (Å²) in [6, 6.07) is 102. The van der Waals surface area contributed by atoms with Crippen molar-refractivity contribution in [3.63, 3.8) is 0 Å². The highest BCUT2D eigenvalue weighted by Crippen LogP contribution is 2.37. The number of quaternary nitrogens is 1. The summed E-state index contributed by atoms with van der Waals surface area (Å²) < 4.78 is 11.4. The first-order valence-electron chi connectivity index (χ1n) is 38.7. The van der Waals surface area contributed by atoms with Gasteiger partial charge in [0.1, 0.15) is 17.4 Å². The molecule has 10 aromatic rings. The van der Waals surface area contributed by atoms with Gasteiger partial charge in [-0.05, 0) is 231 Å². The average Bonchev–Trinajstić information content (AvgIpc) is 0.969. The fourth-order valence-electron chi connectivity index (χ4n) is 13.8. The molecule has 11 nitrogen and oxygen atoms in total. The fraction of sp³-hybridized carbons (Fsp3) is 0.347. The molecule has 1 atom stereocenters. The Morgan fingerprint density at radius 3 is 1.12 bits per heavy atom. The van der Waals surface area contributed by atoms with Crippen molar-refractivity contribution >= 4 is 44.8 Å². The Morgan fingerprint density at radius 2 is 0.800 bits per heavy atom. The van der Waals surface area contributed by atoms with E-state index in [9.17, 15) is 4.79 Å². The second kappa shape index (κ2) is 48.1. The van der Waals surface area contributed by atoms with Gasteiger partial charge < -0.3 is 51.3 Å². The molecule has 0 radical (unpaired) electrons. The number of halogens is 1. The van der Waals surface area contributed by atoms with Crippen LogP contribution in [-0.4, -0.2) is 137 Å². The number of piperidine rings is 2. The molecule has 0 spiro atoms. The Hall–Kier alpha value is -7.86. The minimum absolute atomic E-state index is 0. The summed E-state index contributed by atoms with van der Waals surface area (Å²) in [5, 5.41) is 2.08. The van der Waals surface area contributed by atoms with E-state index in [1.807, 2.05) is 45.0 Å². The second-order valence-corrected chi connectivity index (χ2v) is 35.9. The molecule has 1 unspecified atom stereocenters. The molecule has 1 aliphatic carbocycles. The Morgan fingerprint density at radius 1 is 0.464 bits per heavy atom. The molecule has 582 valence electrons. The predicted octanol–water partition coefficient (Wildman–Crippen LogP) is 16.9. The van der Waals surface area contributed by atoms with Gasteiger partial charge in [-0.25, -0.2) is 0 Å². The molecule has 3 saturated heterocycles. The third-order valence-corrected chi connectivity index (χ3v) is 26.4. The summed E-state index contributed by atoms with van der Waals surface area (Å²) in [6.45, 7) is 15.0. The molecule has 1 saturated carbocycles. The van der Waals surface area contributed by atoms with Crippen LogP contribution in [0.2, 0.25) is 0 Å². The van der Waals surface area contributed by atoms with E-state index in [4.69, 9.17) is 29.6 Å². The third kappa shape index (κ3) is 30.3. The molecular weight excluding hydrogens is 1480 g/mol. The fourth-order valence-corrected chi connectivity index (χ4v) is 20.1. The quantitative estimate of drug-likeness (QED) is 0.0537. The highest BCUT2D eigenvalue weighted by molar-refractivity contribution is 7.97. The number of rotatable bonds is 17. The normalized spacial score (nSPS) is 15.2. The van der Waals surface area contributed by atoms with Crippen molar-refractivity contribution in [2.75, 3.05) is 81.7 Å². The Balaban J connectivity index is 0.000000185. The van der Waals surface area contributed by atoms with Gasteiger partial charge in [-0.2, -0.15) is 14.7 Å². The molecule has 3 heterocycles. The number of ether oxygens (including phenoxy) is 2. The number of nitrogens with zero attached hydrogens (tertiary/aromatic N) is 4. The molecule has 0 aromatic heterocycles. The van der Waals surface area contributed by atoms with Crippen LogP contribution >= 0.6 is 0 Å². The van der Waals surface area contributed by atoms with Crippen LogP contribution in [0.25, 0.3) is 0 Å². The smallest absolute Gasteiger partial charge is 0.373 e. The van der Waals surface area contributed by atoms with E-state index in [2.05, 4.69) is 311 Å². The van der Waals surface area contributed by atoms with E-state index in [-0.39, 0.29) is 61.8 Å². The van der Waals surface area contributed by atoms with Crippen molar-refractivity contribution in [2.24, 2.45) is 5.73 Å². The minimum atomic E-state index is -0.641. The van der Waals surface area contributed by atoms with Crippen molar-refractivity contribution in [1.82, 2.24) is 14.9 Å². The molecule has 4 aliphatic rings. The van der Waals surface area contributed by atoms with Gasteiger partial charge in [0, 0.05) is 45.1 Å². The maximum atomic E-state index is 11.7. The lowest BCUT2D eigenvalue weighted by Gasteiger charge is -2.39. The summed E-state index contributed by atoms with van der Waals surface area (Å²) in [5.74, 6) is 1.18. The lowest BCUT2D eigenvalue weighted by Crippen LogP contribution is -3.00. The molecule has 0 amide bonds. The van der Waals surface area contributed by atoms with Crippen molar-refractivity contribution in [2.45, 2.75) is 178 Å². The van der Waals surface area contributed by atoms with Gasteiger partial charge in [-0.15, -0.1) is 0 Å². The Kier molecular flexibility index (Phi) is 39.1. The number of carbonyl (C=O) groups excluding carboxylic acids is 3. The molecule has 10 aromatic carbocycles. The van der Waals surface area contributed by atoms with E-state index in [1.165, 1.54) is 152 Å². The number of nitrogens with two attached hydrogens (primary N) is 1. The van der Waals surface area contributed by atoms with E-state index >= 15 is 0 Å². The first-order chi connectivity index (χ1) is 52.8. The summed E-state index contributed by atoms with van der Waals surface area (Å²) in [6.07, 6.45) is 15.7. The lowest BCUT2D eigenvalue weighted by atomic mass is 9.84. The standard InChI is InChI=1S/C24H25S.C19H17S.C18H15S.C14H21NO3.C10H20N2O.C9H21N2.CO2.BrH/c1-4-10-20(11-5-1)21-16-18-24(19-17-21)25(22-12-6-2-7-13-22)23-14-8-3-9-15-23;1-16-12-14-19(15-13-16)20(17-8-4-2-5-9-17)18-10-6-3-7-11-18;1-4-10-16(11-5-1)19(17-12-6-2-7-13-17)18-14-8-3-9-15-18;1-14(2,3)18-13(16)12(15)9-10-5-7-11(17-4)8-6-10;1-13-12-8-4-10(5-9-12)11-6-2-3-7-11;1-10-7-5-9(6-8-10)11(2,3)4;2-1-3;/h2-3,6-9,12-20H,1,4-5,10-11H2;2-15H,1H3;1-15H;5-8,12H,9,15H2,1-4H3;10H,2-9H2,1H3;9H,5-8H2,1-4H3;;1H/q3*+1;;;+1;;/p-1. The first-order valence-corrected chi connectivity index (χ1v) is 42.4. The van der Waals surface area contributed by atoms with Gasteiger partial charge in [0.15, 0.2) is 44.1 Å². The maximum absolute atomic E-state index is 11.7. The number of likely N-dealkylation sites (tertiary alicyclic amines) is 2. The van der Waals surface area contributed by atoms with Crippen molar-refractivity contribution in [3.8, 4) is 5.75 Å². The largest absolute Gasteiger partial charge is 1.00 e. The van der Waals surface area contributed by atoms with Crippen LogP contribution < -0.4 is 27.5 Å². The zero-order chi connectivity index (χ0) is 77.6. The molecule has 0 bridgehead atoms. The number of esters is 1. The van der Waals surface area contributed by atoms with Crippen LogP contribution in [0.15, 0.2) is 329 Å². The van der Waals surface area contributed by atoms with Crippen LogP contribution in [0.4, 0.5) is 0 Å². The van der Waals surface area contributed by atoms with Crippen molar-refractivity contribution < 1.29 is 50.2 Å². The molecule has 4 fully saturated rings. The number of hydrogen-bond donors (Lipinski definition) is 1. The van der Waals surface area contributed by atoms with Gasteiger partial charge in [0.25, 0.3) is 0 Å². The summed E-state index contributed by atoms with van der Waals surface area (Å²) in [4.78, 5) is 50.6. The topological polar surface area (TPSA) is 115 Å². The van der Waals surface area contributed by atoms with Gasteiger partial charge >= 0.3 is 12.1 Å². The Labute approximate surface area is 678 Å². The molecule has 2 N–H and O–H groups in total. The molecular formula is C95H119BrN5O6S3+3. The number of carbonyl (C=O) groups is 1. The molecule has 110 heavy (non-hydrogen) atoms. The SMILES string of the molecule is CN1CCC([N+](C)(C)C)CC1.CON1CCC(N2CCCC2)CC1.COc1ccc(CC(N)C(=O)OC(C)(C)C)cc1.Cc1ccc([S+](c2ccccc2)c2ccccc2)cc1.O=C=O.[Br-].c1ccc([S+](c2ccccc2)c2ccc(C3CCCCC3)cc2)cc1.c1ccc([S+](c2ccccc2)c2ccccc2)cc1. The minimum Gasteiger partial charge on any atom is -1.00 e. The van der Waals surface area contributed by atoms with Gasteiger partial charge in [0.05, 0.1) is 74.1 Å². The van der Waals surface area contributed by atoms with Crippen molar-refractivity contribution in [3.05, 3.63) is 302 Å². The highest BCUT2D eigenvalue weighted by atomic mass is 79.9. The van der Waals surface area contributed by atoms with E-state index in [0.717, 1.165) is 46.9 Å². The summed E-state index contributed by atoms with van der Waals surface area (Å²) in [7, 11) is 12.4. The third-order valence-electron chi connectivity index (χ3n) is 19.7. The van der Waals surface area contributed by atoms with E-state index < -0.39 is 11.6 Å². The van der Waals surface area contributed by atoms with Crippen LogP contribution in [0.3, 0.4) is 0 Å². The van der Waals surface area contributed by atoms with E-state index in [0.29, 0.717) is 6.42 Å². The number of methoxy groups -OCH3 is 1. The van der Waals surface area contributed by atoms with Gasteiger partial charge in [0.2, 0.25) is 0 Å². The zero-order valence-corrected chi connectivity index (χ0v) is 70.6. The average molecular weight is 1600 g/mol. The number of aryl methyl sites for hydroxylation is 1. The predicted molar refractivity (Wildman–Crippen MR) is 452 cm³/mol. The Bertz CT molecular complexity index is 3950. The van der Waals surface area contributed by atoms with Crippen LogP contribution in [0.5, 0.6) is 5.75 Å². The second-order valence-electron chi connectivity index (χ2n) is 29.8. The lowest BCUT2D eigenvalue weighted by molar-refractivity contribution is -0.897. The van der Waals surface area contributed by atoms with Crippen LogP contribution in [0.1, 0.15) is 114 Å². The van der Waals surface area contributed by atoms with Crippen LogP contribution in [-0.2, 0) is 63.1 Å². The van der Waals surface area contributed by atoms with Crippen LogP contribution in [0, 0.1) is 6.92 Å². The number of hydroxylamine groups is 2. The van der Waals surface area contributed by atoms with Gasteiger partial charge in [-0.3, -0.25) is 4.79 Å². The molecule has 3 aliphatic heterocycles. The monoisotopic (exact) mass is 1600 g/mol. The molecule has 14 rings (SSSR count). The van der Waals surface area contributed by atoms with Gasteiger partial charge in [-0.1, -0.05) is 189 Å². The highest BCUT2D eigenvalue weighted by Gasteiger charge is 2.33.